The topological polar surface area (TPSA) is 65.1 Å². The summed E-state index contributed by atoms with van der Waals surface area (Å²) >= 11 is 0. The zero-order valence-electron chi connectivity index (χ0n) is 14.0. The number of hydrogen-bond donors (Lipinski definition) is 0. The lowest BCUT2D eigenvalue weighted by molar-refractivity contribution is -0.142. The van der Waals surface area contributed by atoms with Gasteiger partial charge in [0, 0.05) is 5.92 Å². The highest BCUT2D eigenvalue weighted by Crippen LogP contribution is 2.61. The maximum Gasteiger partial charge on any atom is 0.415 e. The van der Waals surface area contributed by atoms with Crippen molar-refractivity contribution in [2.24, 2.45) is 5.92 Å². The first-order valence-electron chi connectivity index (χ1n) is 7.56. The van der Waals surface area contributed by atoms with Crippen molar-refractivity contribution in [3.05, 3.63) is 23.8 Å². The molecule has 0 saturated heterocycles. The van der Waals surface area contributed by atoms with Crippen LogP contribution in [-0.4, -0.2) is 37.9 Å². The van der Waals surface area contributed by atoms with E-state index in [-0.39, 0.29) is 23.8 Å². The molecule has 1 fully saturated rings. The molecule has 0 bridgehead atoms. The van der Waals surface area contributed by atoms with Crippen LogP contribution in [0.15, 0.2) is 18.2 Å². The van der Waals surface area contributed by atoms with Crippen LogP contribution >= 0.6 is 0 Å². The number of amides is 1. The van der Waals surface area contributed by atoms with E-state index in [1.807, 2.05) is 32.9 Å². The molecule has 0 unspecified atom stereocenters. The van der Waals surface area contributed by atoms with Gasteiger partial charge < -0.3 is 14.2 Å². The van der Waals surface area contributed by atoms with Gasteiger partial charge in [-0.05, 0) is 44.5 Å². The van der Waals surface area contributed by atoms with E-state index in [0.717, 1.165) is 11.3 Å². The number of hydrogen-bond acceptors (Lipinski definition) is 5. The van der Waals surface area contributed by atoms with Gasteiger partial charge in [-0.2, -0.15) is 0 Å². The second-order valence-electron chi connectivity index (χ2n) is 6.84. The molecule has 23 heavy (non-hydrogen) atoms. The molecule has 2 aliphatic rings. The summed E-state index contributed by atoms with van der Waals surface area (Å²) in [5, 5.41) is 0. The van der Waals surface area contributed by atoms with Crippen LogP contribution in [0, 0.1) is 5.92 Å². The lowest BCUT2D eigenvalue weighted by Gasteiger charge is -2.27. The number of fused-ring (bicyclic) bond motifs is 3. The highest BCUT2D eigenvalue weighted by Gasteiger charge is 2.66. The molecule has 1 aliphatic heterocycles. The summed E-state index contributed by atoms with van der Waals surface area (Å²) in [4.78, 5) is 26.1. The zero-order chi connectivity index (χ0) is 16.9. The average molecular weight is 319 g/mol. The molecule has 3 atom stereocenters. The van der Waals surface area contributed by atoms with E-state index in [1.54, 1.807) is 18.1 Å². The third kappa shape index (κ3) is 2.52. The summed E-state index contributed by atoms with van der Waals surface area (Å²) in [7, 11) is 2.95. The fourth-order valence-electron chi connectivity index (χ4n) is 3.25. The molecular weight excluding hydrogens is 298 g/mol. The molecule has 1 saturated carbocycles. The van der Waals surface area contributed by atoms with E-state index < -0.39 is 11.7 Å². The van der Waals surface area contributed by atoms with E-state index >= 15 is 0 Å². The van der Waals surface area contributed by atoms with E-state index in [9.17, 15) is 9.59 Å². The van der Waals surface area contributed by atoms with Gasteiger partial charge in [0.05, 0.1) is 31.9 Å². The fourth-order valence-corrected chi connectivity index (χ4v) is 3.25. The molecule has 6 nitrogen and oxygen atoms in total. The van der Waals surface area contributed by atoms with Crippen LogP contribution in [0.25, 0.3) is 0 Å². The van der Waals surface area contributed by atoms with E-state index in [4.69, 9.17) is 14.2 Å². The van der Waals surface area contributed by atoms with Crippen LogP contribution < -0.4 is 9.64 Å². The maximum absolute atomic E-state index is 12.6. The minimum absolute atomic E-state index is 0.0555. The number of methoxy groups -OCH3 is 2. The van der Waals surface area contributed by atoms with Gasteiger partial charge in [0.1, 0.15) is 11.4 Å². The predicted octanol–water partition coefficient (Wildman–Crippen LogP) is 2.71. The Labute approximate surface area is 135 Å². The van der Waals surface area contributed by atoms with Crippen LogP contribution in [0.4, 0.5) is 10.5 Å². The number of esters is 1. The number of carbonyl (C=O) groups excluding carboxylic acids is 2. The van der Waals surface area contributed by atoms with Crippen molar-refractivity contribution in [1.29, 1.82) is 0 Å². The quantitative estimate of drug-likeness (QED) is 0.784. The highest BCUT2D eigenvalue weighted by atomic mass is 16.6. The smallest absolute Gasteiger partial charge is 0.415 e. The molecule has 0 radical (unpaired) electrons. The Kier molecular flexibility index (Phi) is 3.50. The fraction of sp³-hybridized carbons (Fsp3) is 0.529. The third-order valence-electron chi connectivity index (χ3n) is 4.20. The van der Waals surface area contributed by atoms with Crippen molar-refractivity contribution in [2.45, 2.75) is 38.3 Å². The summed E-state index contributed by atoms with van der Waals surface area (Å²) < 4.78 is 15.6. The number of anilines is 1. The molecule has 3 rings (SSSR count). The molecule has 124 valence electrons. The molecule has 1 aromatic rings. The van der Waals surface area contributed by atoms with Gasteiger partial charge in [-0.1, -0.05) is 0 Å². The monoisotopic (exact) mass is 319 g/mol. The molecule has 0 spiro atoms. The Morgan fingerprint density at radius 2 is 1.87 bits per heavy atom. The third-order valence-corrected chi connectivity index (χ3v) is 4.20. The van der Waals surface area contributed by atoms with Crippen molar-refractivity contribution in [1.82, 2.24) is 0 Å². The second-order valence-corrected chi connectivity index (χ2v) is 6.84. The molecule has 1 amide bonds. The Bertz CT molecular complexity index is 663. The van der Waals surface area contributed by atoms with Gasteiger partial charge in [-0.3, -0.25) is 9.69 Å². The predicted molar refractivity (Wildman–Crippen MR) is 83.7 cm³/mol. The van der Waals surface area contributed by atoms with E-state index in [1.165, 1.54) is 7.11 Å². The van der Waals surface area contributed by atoms with Crippen LogP contribution in [0.1, 0.15) is 32.3 Å². The Morgan fingerprint density at radius 3 is 2.43 bits per heavy atom. The van der Waals surface area contributed by atoms with E-state index in [0.29, 0.717) is 5.75 Å². The lowest BCUT2D eigenvalue weighted by Crippen LogP contribution is -2.38. The Morgan fingerprint density at radius 1 is 1.17 bits per heavy atom. The number of carbonyl (C=O) groups is 2. The average Bonchev–Trinajstić information content (AvgIpc) is 3.11. The normalized spacial score (nSPS) is 24.6. The first-order valence-corrected chi connectivity index (χ1v) is 7.56. The van der Waals surface area contributed by atoms with Crippen molar-refractivity contribution >= 4 is 17.7 Å². The van der Waals surface area contributed by atoms with Crippen LogP contribution in [0.5, 0.6) is 5.75 Å². The van der Waals surface area contributed by atoms with Gasteiger partial charge in [-0.15, -0.1) is 0 Å². The molecule has 1 aliphatic carbocycles. The standard InChI is InChI=1S/C17H21NO5/c1-17(2,3)23-16(20)18-11-7-6-9(21-4)8-10(11)12-13(14(12)18)15(19)22-5/h6-8,12-14H,1-5H3/t12-,13+,14-/m0/s1. The minimum atomic E-state index is -0.600. The first-order chi connectivity index (χ1) is 10.8. The number of ether oxygens (including phenoxy) is 3. The summed E-state index contributed by atoms with van der Waals surface area (Å²) in [6, 6.07) is 5.27. The number of benzene rings is 1. The Balaban J connectivity index is 1.97. The second kappa shape index (κ2) is 5.15. The van der Waals surface area contributed by atoms with Crippen molar-refractivity contribution in [2.75, 3.05) is 19.1 Å². The van der Waals surface area contributed by atoms with Gasteiger partial charge in [0.2, 0.25) is 0 Å². The van der Waals surface area contributed by atoms with Crippen LogP contribution in [0.3, 0.4) is 0 Å². The van der Waals surface area contributed by atoms with Gasteiger partial charge >= 0.3 is 12.1 Å². The molecule has 1 aromatic carbocycles. The van der Waals surface area contributed by atoms with Gasteiger partial charge in [-0.25, -0.2) is 4.79 Å². The zero-order valence-corrected chi connectivity index (χ0v) is 14.0. The summed E-state index contributed by atoms with van der Waals surface area (Å²) in [5.41, 5.74) is 1.10. The number of rotatable bonds is 2. The largest absolute Gasteiger partial charge is 0.497 e. The van der Waals surface area contributed by atoms with Crippen molar-refractivity contribution in [3.63, 3.8) is 0 Å². The van der Waals surface area contributed by atoms with Crippen molar-refractivity contribution in [3.8, 4) is 5.75 Å². The molecule has 0 N–H and O–H groups in total. The molecule has 6 heteroatoms. The summed E-state index contributed by atoms with van der Waals surface area (Å²) in [6.07, 6.45) is -0.442. The highest BCUT2D eigenvalue weighted by molar-refractivity contribution is 5.98. The van der Waals surface area contributed by atoms with Gasteiger partial charge in [0.15, 0.2) is 0 Å². The van der Waals surface area contributed by atoms with E-state index in [2.05, 4.69) is 0 Å². The molecular formula is C17H21NO5. The number of nitrogens with zero attached hydrogens (tertiary/aromatic N) is 1. The minimum Gasteiger partial charge on any atom is -0.497 e. The lowest BCUT2D eigenvalue weighted by atomic mass is 10.1. The molecule has 0 aromatic heterocycles. The van der Waals surface area contributed by atoms with Gasteiger partial charge in [0.25, 0.3) is 0 Å². The molecule has 1 heterocycles. The Hall–Kier alpha value is -2.24. The maximum atomic E-state index is 12.6. The van der Waals surface area contributed by atoms with Crippen molar-refractivity contribution < 1.29 is 23.8 Å². The summed E-state index contributed by atoms with van der Waals surface area (Å²) in [6.45, 7) is 5.45. The van der Waals surface area contributed by atoms with Crippen LogP contribution in [0.2, 0.25) is 0 Å². The SMILES string of the molecule is COC(=O)[C@@H]1[C@@H]2c3cc(OC)ccc3N(C(=O)OC(C)(C)C)[C@H]12. The van der Waals surface area contributed by atoms with Crippen LogP contribution in [-0.2, 0) is 14.3 Å². The first kappa shape index (κ1) is 15.6. The summed E-state index contributed by atoms with van der Waals surface area (Å²) in [5.74, 6) is -0.00160.